The van der Waals surface area contributed by atoms with Crippen molar-refractivity contribution in [1.82, 2.24) is 19.7 Å². The molecule has 3 aromatic heterocycles. The number of aryl methyl sites for hydroxylation is 2. The molecule has 0 fully saturated rings. The number of thiazole rings is 1. The second-order valence-electron chi connectivity index (χ2n) is 6.33. The van der Waals surface area contributed by atoms with Crippen molar-refractivity contribution in [1.29, 1.82) is 0 Å². The molecule has 27 heavy (non-hydrogen) atoms. The van der Waals surface area contributed by atoms with Crippen LogP contribution in [-0.2, 0) is 13.0 Å². The number of benzene rings is 1. The molecule has 0 saturated heterocycles. The van der Waals surface area contributed by atoms with E-state index in [1.54, 1.807) is 11.3 Å². The lowest BCUT2D eigenvalue weighted by Crippen LogP contribution is -2.23. The van der Waals surface area contributed by atoms with Crippen LogP contribution in [0.15, 0.2) is 54.9 Å². The highest BCUT2D eigenvalue weighted by Crippen LogP contribution is 2.20. The first-order valence-corrected chi connectivity index (χ1v) is 9.73. The van der Waals surface area contributed by atoms with Gasteiger partial charge in [0, 0.05) is 22.8 Å². The molecule has 1 aromatic carbocycles. The van der Waals surface area contributed by atoms with Crippen LogP contribution in [0.3, 0.4) is 0 Å². The zero-order valence-corrected chi connectivity index (χ0v) is 16.1. The van der Waals surface area contributed by atoms with Gasteiger partial charge in [0.2, 0.25) is 0 Å². The lowest BCUT2D eigenvalue weighted by atomic mass is 10.2. The summed E-state index contributed by atoms with van der Waals surface area (Å²) < 4.78 is 1.89. The summed E-state index contributed by atoms with van der Waals surface area (Å²) in [5.41, 5.74) is 4.36. The summed E-state index contributed by atoms with van der Waals surface area (Å²) in [6.07, 6.45) is 4.68. The minimum Gasteiger partial charge on any atom is -0.347 e. The molecule has 0 aliphatic rings. The van der Waals surface area contributed by atoms with Crippen LogP contribution in [-0.4, -0.2) is 20.3 Å². The van der Waals surface area contributed by atoms with Gasteiger partial charge in [-0.05, 0) is 25.5 Å². The standard InChI is InChI=1S/C21H20N4OS/c1-3-20-23-14(2)18(27-20)11-22-21(26)16-9-10-19-24-17(13-25(19)12-16)15-7-5-4-6-8-15/h4-10,12-13H,3,11H2,1-2H3,(H,22,26). The van der Waals surface area contributed by atoms with Crippen molar-refractivity contribution in [2.45, 2.75) is 26.8 Å². The molecule has 1 amide bonds. The van der Waals surface area contributed by atoms with E-state index in [0.717, 1.165) is 38.9 Å². The number of aromatic nitrogens is 3. The molecule has 5 nitrogen and oxygen atoms in total. The first-order chi connectivity index (χ1) is 13.1. The maximum atomic E-state index is 12.6. The highest BCUT2D eigenvalue weighted by molar-refractivity contribution is 7.11. The van der Waals surface area contributed by atoms with Crippen molar-refractivity contribution in [3.8, 4) is 11.3 Å². The molecular formula is C21H20N4OS. The van der Waals surface area contributed by atoms with E-state index in [2.05, 4.69) is 22.2 Å². The third-order valence-corrected chi connectivity index (χ3v) is 5.73. The zero-order chi connectivity index (χ0) is 18.8. The molecule has 0 unspecified atom stereocenters. The monoisotopic (exact) mass is 376 g/mol. The highest BCUT2D eigenvalue weighted by atomic mass is 32.1. The van der Waals surface area contributed by atoms with Crippen LogP contribution in [0.2, 0.25) is 0 Å². The number of hydrogen-bond donors (Lipinski definition) is 1. The number of fused-ring (bicyclic) bond motifs is 1. The Morgan fingerprint density at radius 2 is 1.93 bits per heavy atom. The van der Waals surface area contributed by atoms with Crippen LogP contribution in [0, 0.1) is 6.92 Å². The molecule has 0 aliphatic carbocycles. The number of hydrogen-bond acceptors (Lipinski definition) is 4. The van der Waals surface area contributed by atoms with Gasteiger partial charge >= 0.3 is 0 Å². The summed E-state index contributed by atoms with van der Waals surface area (Å²) in [6, 6.07) is 13.7. The van der Waals surface area contributed by atoms with E-state index < -0.39 is 0 Å². The highest BCUT2D eigenvalue weighted by Gasteiger charge is 2.11. The van der Waals surface area contributed by atoms with Gasteiger partial charge in [-0.15, -0.1) is 11.3 Å². The van der Waals surface area contributed by atoms with Crippen LogP contribution >= 0.6 is 11.3 Å². The van der Waals surface area contributed by atoms with Crippen molar-refractivity contribution in [3.05, 3.63) is 76.0 Å². The van der Waals surface area contributed by atoms with Crippen molar-refractivity contribution in [2.75, 3.05) is 0 Å². The Hall–Kier alpha value is -2.99. The van der Waals surface area contributed by atoms with E-state index in [1.807, 2.05) is 66.2 Å². The molecular weight excluding hydrogens is 356 g/mol. The Balaban J connectivity index is 1.52. The largest absolute Gasteiger partial charge is 0.347 e. The first-order valence-electron chi connectivity index (χ1n) is 8.91. The summed E-state index contributed by atoms with van der Waals surface area (Å²) in [5, 5.41) is 4.10. The Morgan fingerprint density at radius 1 is 1.11 bits per heavy atom. The average molecular weight is 376 g/mol. The first kappa shape index (κ1) is 17.4. The molecule has 1 N–H and O–H groups in total. The molecule has 6 heteroatoms. The van der Waals surface area contributed by atoms with Crippen LogP contribution < -0.4 is 5.32 Å². The van der Waals surface area contributed by atoms with Crippen LogP contribution in [0.1, 0.15) is 32.9 Å². The van der Waals surface area contributed by atoms with E-state index in [0.29, 0.717) is 12.1 Å². The molecule has 0 atom stereocenters. The molecule has 4 aromatic rings. The van der Waals surface area contributed by atoms with E-state index in [1.165, 1.54) is 0 Å². The van der Waals surface area contributed by atoms with E-state index in [4.69, 9.17) is 0 Å². The maximum absolute atomic E-state index is 12.6. The average Bonchev–Trinajstić information content (AvgIpc) is 3.29. The summed E-state index contributed by atoms with van der Waals surface area (Å²) in [6.45, 7) is 4.57. The summed E-state index contributed by atoms with van der Waals surface area (Å²) in [5.74, 6) is -0.0993. The molecule has 136 valence electrons. The van der Waals surface area contributed by atoms with Gasteiger partial charge in [-0.1, -0.05) is 37.3 Å². The van der Waals surface area contributed by atoms with E-state index in [-0.39, 0.29) is 5.91 Å². The lowest BCUT2D eigenvalue weighted by Gasteiger charge is -2.05. The second kappa shape index (κ2) is 7.32. The number of nitrogens with one attached hydrogen (secondary N) is 1. The van der Waals surface area contributed by atoms with Crippen molar-refractivity contribution >= 4 is 22.9 Å². The zero-order valence-electron chi connectivity index (χ0n) is 15.3. The third-order valence-electron chi connectivity index (χ3n) is 4.43. The topological polar surface area (TPSA) is 59.3 Å². The van der Waals surface area contributed by atoms with Gasteiger partial charge in [-0.3, -0.25) is 4.79 Å². The number of rotatable bonds is 5. The number of amides is 1. The van der Waals surface area contributed by atoms with E-state index in [9.17, 15) is 4.79 Å². The smallest absolute Gasteiger partial charge is 0.253 e. The summed E-state index contributed by atoms with van der Waals surface area (Å²) in [7, 11) is 0. The fourth-order valence-electron chi connectivity index (χ4n) is 2.94. The predicted molar refractivity (Wildman–Crippen MR) is 108 cm³/mol. The fourth-order valence-corrected chi connectivity index (χ4v) is 3.89. The maximum Gasteiger partial charge on any atom is 0.253 e. The molecule has 0 radical (unpaired) electrons. The van der Waals surface area contributed by atoms with Gasteiger partial charge in [0.25, 0.3) is 5.91 Å². The van der Waals surface area contributed by atoms with Gasteiger partial charge in [-0.25, -0.2) is 9.97 Å². The molecule has 0 bridgehead atoms. The number of nitrogens with zero attached hydrogens (tertiary/aromatic N) is 3. The number of imidazole rings is 1. The summed E-state index contributed by atoms with van der Waals surface area (Å²) >= 11 is 1.66. The number of carbonyl (C=O) groups is 1. The van der Waals surface area contributed by atoms with Gasteiger partial charge < -0.3 is 9.72 Å². The lowest BCUT2D eigenvalue weighted by molar-refractivity contribution is 0.0951. The van der Waals surface area contributed by atoms with Crippen molar-refractivity contribution in [2.24, 2.45) is 0 Å². The predicted octanol–water partition coefficient (Wildman–Crippen LogP) is 4.26. The Labute approximate surface area is 161 Å². The Kier molecular flexibility index (Phi) is 4.73. The number of pyridine rings is 1. The number of carbonyl (C=O) groups excluding carboxylic acids is 1. The van der Waals surface area contributed by atoms with Gasteiger partial charge in [0.05, 0.1) is 28.5 Å². The van der Waals surface area contributed by atoms with Crippen LogP contribution in [0.5, 0.6) is 0 Å². The third kappa shape index (κ3) is 3.61. The Morgan fingerprint density at radius 3 is 2.67 bits per heavy atom. The quantitative estimate of drug-likeness (QED) is 0.566. The molecule has 4 rings (SSSR count). The van der Waals surface area contributed by atoms with Crippen molar-refractivity contribution < 1.29 is 4.79 Å². The Bertz CT molecular complexity index is 1100. The van der Waals surface area contributed by atoms with E-state index >= 15 is 0 Å². The fraction of sp³-hybridized carbons (Fsp3) is 0.190. The van der Waals surface area contributed by atoms with Crippen molar-refractivity contribution in [3.63, 3.8) is 0 Å². The summed E-state index contributed by atoms with van der Waals surface area (Å²) in [4.78, 5) is 22.8. The molecule has 0 saturated carbocycles. The van der Waals surface area contributed by atoms with Gasteiger partial charge in [-0.2, -0.15) is 0 Å². The minimum atomic E-state index is -0.0993. The van der Waals surface area contributed by atoms with Crippen LogP contribution in [0.25, 0.3) is 16.9 Å². The molecule has 3 heterocycles. The molecule has 0 spiro atoms. The van der Waals surface area contributed by atoms with Gasteiger partial charge in [0.15, 0.2) is 0 Å². The SMILES string of the molecule is CCc1nc(C)c(CNC(=O)c2ccc3nc(-c4ccccc4)cn3c2)s1. The minimum absolute atomic E-state index is 0.0993. The second-order valence-corrected chi connectivity index (χ2v) is 7.50. The van der Waals surface area contributed by atoms with Crippen LogP contribution in [0.4, 0.5) is 0 Å². The molecule has 0 aliphatic heterocycles. The normalized spacial score (nSPS) is 11.0. The van der Waals surface area contributed by atoms with Gasteiger partial charge in [0.1, 0.15) is 5.65 Å².